The van der Waals surface area contributed by atoms with E-state index in [1.165, 1.54) is 0 Å². The van der Waals surface area contributed by atoms with Gasteiger partial charge in [-0.2, -0.15) is 0 Å². The molecular weight excluding hydrogens is 304 g/mol. The Balaban J connectivity index is 2.11. The fourth-order valence-corrected chi connectivity index (χ4v) is 2.60. The van der Waals surface area contributed by atoms with Gasteiger partial charge in [-0.25, -0.2) is 4.98 Å². The van der Waals surface area contributed by atoms with Crippen LogP contribution in [0.2, 0.25) is 5.02 Å². The zero-order valence-electron chi connectivity index (χ0n) is 11.2. The van der Waals surface area contributed by atoms with Crippen LogP contribution in [0.4, 0.5) is 0 Å². The normalized spacial score (nSPS) is 10.9. The number of benzene rings is 1. The second-order valence-corrected chi connectivity index (χ2v) is 5.64. The van der Waals surface area contributed by atoms with Crippen LogP contribution in [0.1, 0.15) is 11.4 Å². The van der Waals surface area contributed by atoms with Crippen molar-refractivity contribution in [1.29, 1.82) is 0 Å². The minimum absolute atomic E-state index is 0.424. The van der Waals surface area contributed by atoms with Crippen LogP contribution in [0.15, 0.2) is 42.7 Å². The second-order valence-electron chi connectivity index (χ2n) is 4.71. The third kappa shape index (κ3) is 2.89. The first kappa shape index (κ1) is 14.0. The second kappa shape index (κ2) is 5.79. The Bertz CT molecular complexity index is 812. The minimum atomic E-state index is 0.424. The molecule has 0 fully saturated rings. The van der Waals surface area contributed by atoms with Crippen molar-refractivity contribution in [3.8, 4) is 0 Å². The summed E-state index contributed by atoms with van der Waals surface area (Å²) in [6, 6.07) is 9.86. The molecule has 1 aromatic carbocycles. The molecule has 0 radical (unpaired) electrons. The fourth-order valence-electron chi connectivity index (χ4n) is 2.30. The number of nitrogens with zero attached hydrogens (tertiary/aromatic N) is 3. The third-order valence-electron chi connectivity index (χ3n) is 3.25. The number of halogens is 1. The molecule has 0 spiro atoms. The molecule has 3 aromatic rings. The van der Waals surface area contributed by atoms with Gasteiger partial charge in [-0.1, -0.05) is 36.0 Å². The first-order chi connectivity index (χ1) is 10.1. The summed E-state index contributed by atoms with van der Waals surface area (Å²) < 4.78 is 2.09. The molecule has 4 nitrogen and oxygen atoms in total. The Morgan fingerprint density at radius 3 is 2.86 bits per heavy atom. The molecule has 2 aromatic heterocycles. The monoisotopic (exact) mass is 316 g/mol. The van der Waals surface area contributed by atoms with E-state index in [2.05, 4.69) is 14.5 Å². The molecule has 0 aliphatic carbocycles. The molecule has 0 saturated carbocycles. The highest BCUT2D eigenvalue weighted by Gasteiger charge is 2.12. The maximum atomic E-state index is 6.20. The average Bonchev–Trinajstić information content (AvgIpc) is 2.78. The minimum Gasteiger partial charge on any atom is -0.393 e. The van der Waals surface area contributed by atoms with E-state index in [9.17, 15) is 0 Å². The molecule has 0 aliphatic heterocycles. The van der Waals surface area contributed by atoms with Gasteiger partial charge in [0.25, 0.3) is 0 Å². The van der Waals surface area contributed by atoms with Gasteiger partial charge < -0.3 is 10.3 Å². The van der Waals surface area contributed by atoms with Crippen molar-refractivity contribution >= 4 is 39.8 Å². The molecular formula is C15H13ClN4S. The average molecular weight is 317 g/mol. The Hall–Kier alpha value is -1.98. The van der Waals surface area contributed by atoms with E-state index < -0.39 is 0 Å². The molecule has 3 rings (SSSR count). The van der Waals surface area contributed by atoms with Gasteiger partial charge in [0.1, 0.15) is 5.82 Å². The van der Waals surface area contributed by atoms with Gasteiger partial charge in [0, 0.05) is 12.4 Å². The lowest BCUT2D eigenvalue weighted by Crippen LogP contribution is -2.16. The SMILES string of the molecule is NC(=S)Cc1nc2ccccc2n1Cc1ccncc1Cl. The van der Waals surface area contributed by atoms with Crippen molar-refractivity contribution in [3.05, 3.63) is 59.1 Å². The Morgan fingerprint density at radius 1 is 1.29 bits per heavy atom. The number of pyridine rings is 1. The summed E-state index contributed by atoms with van der Waals surface area (Å²) in [5.41, 5.74) is 8.63. The molecule has 2 N–H and O–H groups in total. The zero-order valence-corrected chi connectivity index (χ0v) is 12.7. The predicted molar refractivity (Wildman–Crippen MR) is 88.6 cm³/mol. The van der Waals surface area contributed by atoms with Crippen LogP contribution in [0.25, 0.3) is 11.0 Å². The van der Waals surface area contributed by atoms with Gasteiger partial charge in [0.2, 0.25) is 0 Å². The quantitative estimate of drug-likeness (QED) is 0.752. The van der Waals surface area contributed by atoms with Crippen LogP contribution in [-0.2, 0) is 13.0 Å². The lowest BCUT2D eigenvalue weighted by molar-refractivity contribution is 0.773. The summed E-state index contributed by atoms with van der Waals surface area (Å²) >= 11 is 11.2. The van der Waals surface area contributed by atoms with Gasteiger partial charge in [-0.15, -0.1) is 0 Å². The Morgan fingerprint density at radius 2 is 2.10 bits per heavy atom. The molecule has 106 valence electrons. The van der Waals surface area contributed by atoms with Crippen molar-refractivity contribution < 1.29 is 0 Å². The Kier molecular flexibility index (Phi) is 3.86. The lowest BCUT2D eigenvalue weighted by atomic mass is 10.2. The molecule has 0 amide bonds. The largest absolute Gasteiger partial charge is 0.393 e. The van der Waals surface area contributed by atoms with Crippen molar-refractivity contribution in [2.45, 2.75) is 13.0 Å². The standard InChI is InChI=1S/C15H13ClN4S/c16-11-8-18-6-5-10(11)9-20-13-4-2-1-3-12(13)19-15(20)7-14(17)21/h1-6,8H,7,9H2,(H2,17,21). The van der Waals surface area contributed by atoms with E-state index in [1.54, 1.807) is 12.4 Å². The van der Waals surface area contributed by atoms with Gasteiger partial charge in [0.05, 0.1) is 34.0 Å². The van der Waals surface area contributed by atoms with Crippen molar-refractivity contribution in [2.24, 2.45) is 5.73 Å². The lowest BCUT2D eigenvalue weighted by Gasteiger charge is -2.10. The van der Waals surface area contributed by atoms with E-state index in [4.69, 9.17) is 29.6 Å². The van der Waals surface area contributed by atoms with Crippen molar-refractivity contribution in [3.63, 3.8) is 0 Å². The summed E-state index contributed by atoms with van der Waals surface area (Å²) in [4.78, 5) is 9.05. The van der Waals surface area contributed by atoms with Crippen LogP contribution in [0, 0.1) is 0 Å². The van der Waals surface area contributed by atoms with Crippen molar-refractivity contribution in [2.75, 3.05) is 0 Å². The summed E-state index contributed by atoms with van der Waals surface area (Å²) in [6.45, 7) is 0.611. The number of aromatic nitrogens is 3. The molecule has 0 saturated heterocycles. The van der Waals surface area contributed by atoms with E-state index in [0.717, 1.165) is 22.4 Å². The maximum Gasteiger partial charge on any atom is 0.116 e. The van der Waals surface area contributed by atoms with E-state index in [1.807, 2.05) is 30.3 Å². The number of thiocarbonyl (C=S) groups is 1. The maximum absolute atomic E-state index is 6.20. The first-order valence-electron chi connectivity index (χ1n) is 6.46. The molecule has 2 heterocycles. The highest BCUT2D eigenvalue weighted by atomic mass is 35.5. The molecule has 0 unspecified atom stereocenters. The zero-order chi connectivity index (χ0) is 14.8. The molecule has 0 bridgehead atoms. The number of rotatable bonds is 4. The summed E-state index contributed by atoms with van der Waals surface area (Å²) in [5, 5.41) is 0.636. The topological polar surface area (TPSA) is 56.7 Å². The van der Waals surface area contributed by atoms with Crippen LogP contribution in [-0.4, -0.2) is 19.5 Å². The summed E-state index contributed by atoms with van der Waals surface area (Å²) in [6.07, 6.45) is 3.84. The smallest absolute Gasteiger partial charge is 0.116 e. The van der Waals surface area contributed by atoms with E-state index >= 15 is 0 Å². The number of imidazole rings is 1. The number of hydrogen-bond donors (Lipinski definition) is 1. The Labute approximate surface area is 132 Å². The van der Waals surface area contributed by atoms with Gasteiger partial charge in [-0.3, -0.25) is 4.98 Å². The highest BCUT2D eigenvalue weighted by Crippen LogP contribution is 2.21. The fraction of sp³-hybridized carbons (Fsp3) is 0.133. The molecule has 6 heteroatoms. The van der Waals surface area contributed by atoms with Crippen LogP contribution in [0.3, 0.4) is 0 Å². The van der Waals surface area contributed by atoms with Crippen LogP contribution >= 0.6 is 23.8 Å². The summed E-state index contributed by atoms with van der Waals surface area (Å²) in [5.74, 6) is 0.844. The van der Waals surface area contributed by atoms with E-state index in [-0.39, 0.29) is 0 Å². The molecule has 0 aliphatic rings. The number of hydrogen-bond acceptors (Lipinski definition) is 3. The third-order valence-corrected chi connectivity index (χ3v) is 3.74. The number of fused-ring (bicyclic) bond motifs is 1. The van der Waals surface area contributed by atoms with Crippen molar-refractivity contribution in [1.82, 2.24) is 14.5 Å². The van der Waals surface area contributed by atoms with Gasteiger partial charge in [-0.05, 0) is 23.8 Å². The van der Waals surface area contributed by atoms with Gasteiger partial charge >= 0.3 is 0 Å². The molecule has 0 atom stereocenters. The molecule has 21 heavy (non-hydrogen) atoms. The first-order valence-corrected chi connectivity index (χ1v) is 7.24. The van der Waals surface area contributed by atoms with Crippen LogP contribution < -0.4 is 5.73 Å². The predicted octanol–water partition coefficient (Wildman–Crippen LogP) is 2.96. The number of nitrogens with two attached hydrogens (primary N) is 1. The highest BCUT2D eigenvalue weighted by molar-refractivity contribution is 7.80. The van der Waals surface area contributed by atoms with Gasteiger partial charge in [0.15, 0.2) is 0 Å². The summed E-state index contributed by atoms with van der Waals surface area (Å²) in [7, 11) is 0. The van der Waals surface area contributed by atoms with E-state index in [0.29, 0.717) is 23.0 Å². The van der Waals surface area contributed by atoms with Crippen LogP contribution in [0.5, 0.6) is 0 Å². The number of para-hydroxylation sites is 2.